The molecule has 20 heavy (non-hydrogen) atoms. The molecule has 0 aliphatic rings. The van der Waals surface area contributed by atoms with Gasteiger partial charge in [-0.1, -0.05) is 38.1 Å². The molecule has 0 aliphatic heterocycles. The Balaban J connectivity index is 1.82. The lowest BCUT2D eigenvalue weighted by molar-refractivity contribution is 0.646. The quantitative estimate of drug-likeness (QED) is 0.874. The molecule has 1 heterocycles. The molecule has 3 heteroatoms. The second kappa shape index (κ2) is 7.15. The van der Waals surface area contributed by atoms with Crippen LogP contribution in [0, 0.1) is 12.8 Å². The van der Waals surface area contributed by atoms with Gasteiger partial charge in [-0.25, -0.2) is 9.97 Å². The van der Waals surface area contributed by atoms with E-state index in [-0.39, 0.29) is 0 Å². The third-order valence-electron chi connectivity index (χ3n) is 3.14. The normalized spacial score (nSPS) is 11.0. The van der Waals surface area contributed by atoms with Gasteiger partial charge >= 0.3 is 0 Å². The van der Waals surface area contributed by atoms with E-state index in [1.807, 2.05) is 13.0 Å². The zero-order valence-corrected chi connectivity index (χ0v) is 12.6. The minimum Gasteiger partial charge on any atom is -0.307 e. The minimum atomic E-state index is 0.708. The van der Waals surface area contributed by atoms with Crippen molar-refractivity contribution in [3.63, 3.8) is 0 Å². The van der Waals surface area contributed by atoms with Gasteiger partial charge in [0.15, 0.2) is 0 Å². The van der Waals surface area contributed by atoms with E-state index in [1.165, 1.54) is 11.1 Å². The number of hydrogen-bond acceptors (Lipinski definition) is 3. The summed E-state index contributed by atoms with van der Waals surface area (Å²) in [4.78, 5) is 8.48. The predicted octanol–water partition coefficient (Wildman–Crippen LogP) is 3.27. The van der Waals surface area contributed by atoms with Crippen molar-refractivity contribution in [2.45, 2.75) is 40.3 Å². The minimum absolute atomic E-state index is 0.708. The van der Waals surface area contributed by atoms with Gasteiger partial charge < -0.3 is 5.32 Å². The molecule has 0 atom stereocenters. The Kier molecular flexibility index (Phi) is 5.24. The molecular formula is C17H23N3. The van der Waals surface area contributed by atoms with Crippen LogP contribution in [-0.4, -0.2) is 9.97 Å². The lowest BCUT2D eigenvalue weighted by Crippen LogP contribution is -2.14. The highest BCUT2D eigenvalue weighted by Crippen LogP contribution is 2.09. The average Bonchev–Trinajstić information content (AvgIpc) is 2.40. The van der Waals surface area contributed by atoms with Crippen molar-refractivity contribution in [1.82, 2.24) is 15.3 Å². The number of aromatic nitrogens is 2. The molecule has 0 bridgehead atoms. The largest absolute Gasteiger partial charge is 0.307 e. The van der Waals surface area contributed by atoms with Gasteiger partial charge in [-0.15, -0.1) is 0 Å². The summed E-state index contributed by atoms with van der Waals surface area (Å²) in [7, 11) is 0. The molecular weight excluding hydrogens is 246 g/mol. The lowest BCUT2D eigenvalue weighted by atomic mass is 10.0. The van der Waals surface area contributed by atoms with Crippen LogP contribution in [0.25, 0.3) is 0 Å². The van der Waals surface area contributed by atoms with Crippen LogP contribution in [0.2, 0.25) is 0 Å². The van der Waals surface area contributed by atoms with E-state index in [0.29, 0.717) is 5.92 Å². The van der Waals surface area contributed by atoms with Crippen molar-refractivity contribution in [1.29, 1.82) is 0 Å². The first-order valence-electron chi connectivity index (χ1n) is 7.20. The first-order valence-corrected chi connectivity index (χ1v) is 7.20. The standard InChI is InChI=1S/C17H23N3/c1-13(2)10-15-4-6-16(7-5-15)11-18-12-17-8-9-19-14(3)20-17/h4-9,13,18H,10-12H2,1-3H3. The highest BCUT2D eigenvalue weighted by atomic mass is 14.9. The van der Waals surface area contributed by atoms with Crippen LogP contribution in [0.5, 0.6) is 0 Å². The van der Waals surface area contributed by atoms with Crippen LogP contribution >= 0.6 is 0 Å². The van der Waals surface area contributed by atoms with Gasteiger partial charge in [0.1, 0.15) is 5.82 Å². The van der Waals surface area contributed by atoms with E-state index in [4.69, 9.17) is 0 Å². The monoisotopic (exact) mass is 269 g/mol. The van der Waals surface area contributed by atoms with E-state index in [1.54, 1.807) is 6.20 Å². The van der Waals surface area contributed by atoms with Gasteiger partial charge in [-0.05, 0) is 36.5 Å². The summed E-state index contributed by atoms with van der Waals surface area (Å²) in [5.74, 6) is 1.53. The van der Waals surface area contributed by atoms with Crippen LogP contribution in [-0.2, 0) is 19.5 Å². The number of aryl methyl sites for hydroxylation is 1. The zero-order valence-electron chi connectivity index (χ0n) is 12.6. The fraction of sp³-hybridized carbons (Fsp3) is 0.412. The topological polar surface area (TPSA) is 37.8 Å². The van der Waals surface area contributed by atoms with Crippen molar-refractivity contribution < 1.29 is 0 Å². The van der Waals surface area contributed by atoms with E-state index < -0.39 is 0 Å². The fourth-order valence-electron chi connectivity index (χ4n) is 2.20. The molecule has 0 spiro atoms. The number of rotatable bonds is 6. The summed E-state index contributed by atoms with van der Waals surface area (Å²) in [5, 5.41) is 3.42. The highest BCUT2D eigenvalue weighted by molar-refractivity contribution is 5.22. The maximum atomic E-state index is 4.38. The Labute approximate surface area is 121 Å². The van der Waals surface area contributed by atoms with Crippen molar-refractivity contribution in [2.75, 3.05) is 0 Å². The molecule has 3 nitrogen and oxygen atoms in total. The van der Waals surface area contributed by atoms with Gasteiger partial charge in [0.25, 0.3) is 0 Å². The van der Waals surface area contributed by atoms with Crippen LogP contribution < -0.4 is 5.32 Å². The molecule has 1 aromatic carbocycles. The summed E-state index contributed by atoms with van der Waals surface area (Å²) < 4.78 is 0. The molecule has 0 amide bonds. The Hall–Kier alpha value is -1.74. The van der Waals surface area contributed by atoms with E-state index in [0.717, 1.165) is 31.0 Å². The van der Waals surface area contributed by atoms with Gasteiger partial charge in [0.05, 0.1) is 5.69 Å². The molecule has 2 aromatic rings. The van der Waals surface area contributed by atoms with Crippen LogP contribution in [0.3, 0.4) is 0 Å². The van der Waals surface area contributed by atoms with Crippen LogP contribution in [0.15, 0.2) is 36.5 Å². The number of benzene rings is 1. The molecule has 0 aliphatic carbocycles. The summed E-state index contributed by atoms with van der Waals surface area (Å²) in [6.07, 6.45) is 2.95. The highest BCUT2D eigenvalue weighted by Gasteiger charge is 1.99. The van der Waals surface area contributed by atoms with Gasteiger partial charge in [0.2, 0.25) is 0 Å². The summed E-state index contributed by atoms with van der Waals surface area (Å²) in [6.45, 7) is 8.05. The summed E-state index contributed by atoms with van der Waals surface area (Å²) >= 11 is 0. The smallest absolute Gasteiger partial charge is 0.125 e. The van der Waals surface area contributed by atoms with Crippen molar-refractivity contribution in [3.05, 3.63) is 59.2 Å². The zero-order chi connectivity index (χ0) is 14.4. The van der Waals surface area contributed by atoms with Gasteiger partial charge in [-0.2, -0.15) is 0 Å². The van der Waals surface area contributed by atoms with E-state index >= 15 is 0 Å². The van der Waals surface area contributed by atoms with Gasteiger partial charge in [0, 0.05) is 19.3 Å². The number of nitrogens with zero attached hydrogens (tertiary/aromatic N) is 2. The number of hydrogen-bond donors (Lipinski definition) is 1. The molecule has 0 fully saturated rings. The molecule has 0 radical (unpaired) electrons. The summed E-state index contributed by atoms with van der Waals surface area (Å²) in [6, 6.07) is 10.8. The third kappa shape index (κ3) is 4.74. The lowest BCUT2D eigenvalue weighted by Gasteiger charge is -2.08. The van der Waals surface area contributed by atoms with Crippen molar-refractivity contribution in [2.24, 2.45) is 5.92 Å². The Morgan fingerprint density at radius 2 is 1.70 bits per heavy atom. The molecule has 0 unspecified atom stereocenters. The maximum Gasteiger partial charge on any atom is 0.125 e. The van der Waals surface area contributed by atoms with Crippen molar-refractivity contribution >= 4 is 0 Å². The Morgan fingerprint density at radius 3 is 2.35 bits per heavy atom. The maximum absolute atomic E-state index is 4.38. The summed E-state index contributed by atoms with van der Waals surface area (Å²) in [5.41, 5.74) is 3.76. The second-order valence-corrected chi connectivity index (χ2v) is 5.61. The first-order chi connectivity index (χ1) is 9.63. The van der Waals surface area contributed by atoms with Crippen molar-refractivity contribution in [3.8, 4) is 0 Å². The third-order valence-corrected chi connectivity index (χ3v) is 3.14. The predicted molar refractivity (Wildman–Crippen MR) is 82.3 cm³/mol. The Bertz CT molecular complexity index is 532. The second-order valence-electron chi connectivity index (χ2n) is 5.61. The molecule has 1 N–H and O–H groups in total. The Morgan fingerprint density at radius 1 is 1.00 bits per heavy atom. The first kappa shape index (κ1) is 14.7. The molecule has 1 aromatic heterocycles. The average molecular weight is 269 g/mol. The van der Waals surface area contributed by atoms with Crippen LogP contribution in [0.4, 0.5) is 0 Å². The molecule has 0 saturated carbocycles. The van der Waals surface area contributed by atoms with Crippen LogP contribution in [0.1, 0.15) is 36.5 Å². The van der Waals surface area contributed by atoms with E-state index in [2.05, 4.69) is 53.4 Å². The fourth-order valence-corrected chi connectivity index (χ4v) is 2.20. The SMILES string of the molecule is Cc1nccc(CNCc2ccc(CC(C)C)cc2)n1. The van der Waals surface area contributed by atoms with Gasteiger partial charge in [-0.3, -0.25) is 0 Å². The number of nitrogens with one attached hydrogen (secondary N) is 1. The van der Waals surface area contributed by atoms with E-state index in [9.17, 15) is 0 Å². The molecule has 0 saturated heterocycles. The molecule has 106 valence electrons. The molecule has 2 rings (SSSR count).